The summed E-state index contributed by atoms with van der Waals surface area (Å²) in [4.78, 5) is 28.3. The van der Waals surface area contributed by atoms with Gasteiger partial charge >= 0.3 is 11.8 Å². The van der Waals surface area contributed by atoms with E-state index in [-0.39, 0.29) is 0 Å². The molecule has 126 valence electrons. The zero-order valence-corrected chi connectivity index (χ0v) is 13.6. The Morgan fingerprint density at radius 1 is 1.00 bits per heavy atom. The van der Waals surface area contributed by atoms with Gasteiger partial charge < -0.3 is 16.0 Å². The normalized spacial score (nSPS) is 15.5. The molecule has 6 heteroatoms. The van der Waals surface area contributed by atoms with E-state index in [1.54, 1.807) is 4.90 Å². The average Bonchev–Trinajstić information content (AvgIpc) is 2.62. The molecule has 0 unspecified atom stereocenters. The first-order valence-electron chi connectivity index (χ1n) is 8.19. The number of carbonyl (C=O) groups is 2. The zero-order valence-electron chi connectivity index (χ0n) is 13.6. The highest BCUT2D eigenvalue weighted by atomic mass is 16.2. The van der Waals surface area contributed by atoms with Crippen molar-refractivity contribution in [3.8, 4) is 0 Å². The molecule has 3 N–H and O–H groups in total. The number of anilines is 1. The van der Waals surface area contributed by atoms with Gasteiger partial charge in [-0.2, -0.15) is 0 Å². The molecule has 0 spiro atoms. The van der Waals surface area contributed by atoms with E-state index in [2.05, 4.69) is 10.2 Å². The Hall–Kier alpha value is -2.44. The highest BCUT2D eigenvalue weighted by molar-refractivity contribution is 6.39. The largest absolute Gasteiger partial charge is 0.332 e. The summed E-state index contributed by atoms with van der Waals surface area (Å²) in [6, 6.07) is 13.5. The molecule has 0 aromatic heterocycles. The molecule has 1 aliphatic rings. The number of hydrogen-bond donors (Lipinski definition) is 2. The maximum atomic E-state index is 12.3. The van der Waals surface area contributed by atoms with Crippen LogP contribution in [0.4, 0.5) is 5.69 Å². The quantitative estimate of drug-likeness (QED) is 0.821. The Bertz CT molecular complexity index is 739. The van der Waals surface area contributed by atoms with Crippen LogP contribution >= 0.6 is 0 Å². The summed E-state index contributed by atoms with van der Waals surface area (Å²) < 4.78 is 0. The fourth-order valence-electron chi connectivity index (χ4n) is 2.95. The number of rotatable bonds is 3. The second-order valence-electron chi connectivity index (χ2n) is 5.94. The van der Waals surface area contributed by atoms with Gasteiger partial charge in [0.1, 0.15) is 0 Å². The molecule has 0 atom stereocenters. The Morgan fingerprint density at radius 2 is 1.71 bits per heavy atom. The van der Waals surface area contributed by atoms with Gasteiger partial charge in [0, 0.05) is 45.0 Å². The van der Waals surface area contributed by atoms with Crippen molar-refractivity contribution in [3.63, 3.8) is 0 Å². The summed E-state index contributed by atoms with van der Waals surface area (Å²) in [6.45, 7) is 4.06. The lowest BCUT2D eigenvalue weighted by Crippen LogP contribution is -2.52. The van der Waals surface area contributed by atoms with Crippen molar-refractivity contribution in [2.75, 3.05) is 44.6 Å². The number of piperazine rings is 1. The third-order valence-electron chi connectivity index (χ3n) is 4.31. The van der Waals surface area contributed by atoms with Crippen LogP contribution in [0.15, 0.2) is 42.5 Å². The minimum absolute atomic E-state index is 0.476. The van der Waals surface area contributed by atoms with E-state index < -0.39 is 11.8 Å². The molecule has 1 fully saturated rings. The molecule has 3 rings (SSSR count). The molecule has 1 aliphatic heterocycles. The second-order valence-corrected chi connectivity index (χ2v) is 5.94. The number of amides is 2. The molecule has 2 aromatic rings. The average molecular weight is 326 g/mol. The van der Waals surface area contributed by atoms with E-state index in [9.17, 15) is 9.59 Å². The van der Waals surface area contributed by atoms with Gasteiger partial charge in [-0.3, -0.25) is 14.5 Å². The lowest BCUT2D eigenvalue weighted by Gasteiger charge is -2.34. The Labute approximate surface area is 141 Å². The summed E-state index contributed by atoms with van der Waals surface area (Å²) in [5, 5.41) is 4.83. The van der Waals surface area contributed by atoms with Gasteiger partial charge in [0.2, 0.25) is 0 Å². The first kappa shape index (κ1) is 16.4. The first-order chi connectivity index (χ1) is 11.7. The molecule has 2 amide bonds. The molecular weight excluding hydrogens is 304 g/mol. The van der Waals surface area contributed by atoms with E-state index in [4.69, 9.17) is 5.73 Å². The smallest absolute Gasteiger partial charge is 0.313 e. The summed E-state index contributed by atoms with van der Waals surface area (Å²) >= 11 is 0. The minimum atomic E-state index is -0.586. The first-order valence-corrected chi connectivity index (χ1v) is 8.19. The van der Waals surface area contributed by atoms with E-state index >= 15 is 0 Å². The number of nitrogens with two attached hydrogens (primary N) is 1. The molecule has 0 aliphatic carbocycles. The lowest BCUT2D eigenvalue weighted by atomic mass is 10.1. The number of fused-ring (bicyclic) bond motifs is 1. The molecule has 24 heavy (non-hydrogen) atoms. The minimum Gasteiger partial charge on any atom is -0.332 e. The van der Waals surface area contributed by atoms with E-state index in [0.29, 0.717) is 25.3 Å². The Morgan fingerprint density at radius 3 is 2.42 bits per heavy atom. The number of hydrogen-bond acceptors (Lipinski definition) is 4. The number of carbonyl (C=O) groups excluding carboxylic acids is 2. The predicted octanol–water partition coefficient (Wildman–Crippen LogP) is 0.881. The highest BCUT2D eigenvalue weighted by Crippen LogP contribution is 2.18. The summed E-state index contributed by atoms with van der Waals surface area (Å²) in [6.07, 6.45) is 0. The number of nitrogens with one attached hydrogen (secondary N) is 1. The number of nitrogens with zero attached hydrogens (tertiary/aromatic N) is 2. The van der Waals surface area contributed by atoms with Gasteiger partial charge in [0.15, 0.2) is 0 Å². The zero-order chi connectivity index (χ0) is 16.9. The van der Waals surface area contributed by atoms with Crippen LogP contribution in [-0.4, -0.2) is 60.9 Å². The summed E-state index contributed by atoms with van der Waals surface area (Å²) in [5.74, 6) is -1.06. The summed E-state index contributed by atoms with van der Waals surface area (Å²) in [5.41, 5.74) is 6.17. The van der Waals surface area contributed by atoms with Crippen LogP contribution in [0.5, 0.6) is 0 Å². The van der Waals surface area contributed by atoms with E-state index in [1.165, 1.54) is 0 Å². The maximum absolute atomic E-state index is 12.3. The van der Waals surface area contributed by atoms with Crippen molar-refractivity contribution in [1.29, 1.82) is 0 Å². The SMILES string of the molecule is NCCN1CCN(C(=O)C(=O)Nc2ccc3ccccc3c2)CC1. The fraction of sp³-hybridized carbons (Fsp3) is 0.333. The molecule has 6 nitrogen and oxygen atoms in total. The monoisotopic (exact) mass is 326 g/mol. The Balaban J connectivity index is 1.60. The van der Waals surface area contributed by atoms with E-state index in [1.807, 2.05) is 42.5 Å². The molecule has 2 aromatic carbocycles. The van der Waals surface area contributed by atoms with Crippen molar-refractivity contribution in [2.45, 2.75) is 0 Å². The van der Waals surface area contributed by atoms with Gasteiger partial charge in [0.25, 0.3) is 0 Å². The van der Waals surface area contributed by atoms with Crippen LogP contribution in [0, 0.1) is 0 Å². The Kier molecular flexibility index (Phi) is 5.08. The van der Waals surface area contributed by atoms with Crippen molar-refractivity contribution in [1.82, 2.24) is 9.80 Å². The molecule has 1 saturated heterocycles. The van der Waals surface area contributed by atoms with Crippen LogP contribution in [0.2, 0.25) is 0 Å². The van der Waals surface area contributed by atoms with Gasteiger partial charge in [-0.1, -0.05) is 30.3 Å². The lowest BCUT2D eigenvalue weighted by molar-refractivity contribution is -0.144. The van der Waals surface area contributed by atoms with Crippen LogP contribution < -0.4 is 11.1 Å². The van der Waals surface area contributed by atoms with Crippen LogP contribution in [-0.2, 0) is 9.59 Å². The highest BCUT2D eigenvalue weighted by Gasteiger charge is 2.25. The van der Waals surface area contributed by atoms with Gasteiger partial charge in [-0.25, -0.2) is 0 Å². The van der Waals surface area contributed by atoms with E-state index in [0.717, 1.165) is 30.4 Å². The summed E-state index contributed by atoms with van der Waals surface area (Å²) in [7, 11) is 0. The van der Waals surface area contributed by atoms with Gasteiger partial charge in [0.05, 0.1) is 0 Å². The molecular formula is C18H22N4O2. The molecule has 0 radical (unpaired) electrons. The molecule has 0 bridgehead atoms. The van der Waals surface area contributed by atoms with Crippen LogP contribution in [0.1, 0.15) is 0 Å². The maximum Gasteiger partial charge on any atom is 0.313 e. The molecule has 1 heterocycles. The second kappa shape index (κ2) is 7.42. The van der Waals surface area contributed by atoms with Gasteiger partial charge in [-0.05, 0) is 22.9 Å². The number of benzene rings is 2. The van der Waals surface area contributed by atoms with Gasteiger partial charge in [-0.15, -0.1) is 0 Å². The molecule has 0 saturated carbocycles. The fourth-order valence-corrected chi connectivity index (χ4v) is 2.95. The van der Waals surface area contributed by atoms with Crippen LogP contribution in [0.25, 0.3) is 10.8 Å². The van der Waals surface area contributed by atoms with Crippen molar-refractivity contribution in [3.05, 3.63) is 42.5 Å². The predicted molar refractivity (Wildman–Crippen MR) is 94.7 cm³/mol. The van der Waals surface area contributed by atoms with Crippen molar-refractivity contribution < 1.29 is 9.59 Å². The van der Waals surface area contributed by atoms with Crippen LogP contribution in [0.3, 0.4) is 0 Å². The topological polar surface area (TPSA) is 78.7 Å². The third kappa shape index (κ3) is 3.72. The van der Waals surface area contributed by atoms with Crippen molar-refractivity contribution in [2.24, 2.45) is 5.73 Å². The third-order valence-corrected chi connectivity index (χ3v) is 4.31. The van der Waals surface area contributed by atoms with Crippen molar-refractivity contribution >= 4 is 28.3 Å². The standard InChI is InChI=1S/C18H22N4O2/c19-7-8-21-9-11-22(12-10-21)18(24)17(23)20-16-6-5-14-3-1-2-4-15(14)13-16/h1-6,13H,7-12,19H2,(H,20,23).